The molecule has 2 aromatic carbocycles. The van der Waals surface area contributed by atoms with Gasteiger partial charge in [-0.25, -0.2) is 0 Å². The van der Waals surface area contributed by atoms with E-state index >= 15 is 0 Å². The van der Waals surface area contributed by atoms with E-state index in [1.54, 1.807) is 35.2 Å². The van der Waals surface area contributed by atoms with Crippen LogP contribution in [0.5, 0.6) is 0 Å². The number of aromatic nitrogens is 4. The molecule has 6 rings (SSSR count). The summed E-state index contributed by atoms with van der Waals surface area (Å²) < 4.78 is 10.1. The Morgan fingerprint density at radius 1 is 0.594 bits per heavy atom. The van der Waals surface area contributed by atoms with E-state index in [0.717, 1.165) is 33.4 Å². The molecule has 0 fully saturated rings. The van der Waals surface area contributed by atoms with Gasteiger partial charge in [-0.15, -0.1) is 32.9 Å². The van der Waals surface area contributed by atoms with Crippen LogP contribution in [0.4, 0.5) is 0 Å². The van der Waals surface area contributed by atoms with Crippen molar-refractivity contribution in [2.75, 3.05) is 0 Å². The van der Waals surface area contributed by atoms with Crippen LogP contribution in [0.3, 0.4) is 0 Å². The summed E-state index contributed by atoms with van der Waals surface area (Å²) in [6, 6.07) is 20.6. The zero-order valence-corrected chi connectivity index (χ0v) is 18.1. The van der Waals surface area contributed by atoms with Gasteiger partial charge in [0.25, 0.3) is 0 Å². The highest BCUT2D eigenvalue weighted by molar-refractivity contribution is 7.21. The Morgan fingerprint density at radius 2 is 1.22 bits per heavy atom. The van der Waals surface area contributed by atoms with E-state index in [1.165, 1.54) is 9.75 Å². The first-order chi connectivity index (χ1) is 15.9. The van der Waals surface area contributed by atoms with E-state index in [-0.39, 0.29) is 0 Å². The molecule has 0 N–H and O–H groups in total. The van der Waals surface area contributed by atoms with Crippen LogP contribution in [0, 0.1) is 0 Å². The Balaban J connectivity index is 1.65. The highest BCUT2D eigenvalue weighted by Gasteiger charge is 2.23. The summed E-state index contributed by atoms with van der Waals surface area (Å²) in [4.78, 5) is 2.41. The van der Waals surface area contributed by atoms with Crippen LogP contribution in [0.15, 0.2) is 93.0 Å². The van der Waals surface area contributed by atoms with Crippen LogP contribution in [0.25, 0.3) is 54.5 Å². The van der Waals surface area contributed by atoms with Crippen molar-refractivity contribution in [2.24, 2.45) is 0 Å². The minimum atomic E-state index is 0.698. The van der Waals surface area contributed by atoms with Crippen LogP contribution in [-0.2, 0) is 0 Å². The van der Waals surface area contributed by atoms with Crippen molar-refractivity contribution >= 4 is 22.7 Å². The van der Waals surface area contributed by atoms with E-state index < -0.39 is 0 Å². The Labute approximate surface area is 190 Å². The fourth-order valence-electron chi connectivity index (χ4n) is 3.84. The quantitative estimate of drug-likeness (QED) is 0.282. The molecule has 4 heterocycles. The van der Waals surface area contributed by atoms with Gasteiger partial charge in [0.1, 0.15) is 11.4 Å². The maximum absolute atomic E-state index is 5.04. The van der Waals surface area contributed by atoms with Gasteiger partial charge in [-0.1, -0.05) is 54.6 Å². The topological polar surface area (TPSA) is 77.8 Å². The minimum absolute atomic E-state index is 0.698. The van der Waals surface area contributed by atoms with Crippen molar-refractivity contribution in [3.8, 4) is 54.5 Å². The molecule has 0 aliphatic carbocycles. The predicted molar refractivity (Wildman–Crippen MR) is 125 cm³/mol. The summed E-state index contributed by atoms with van der Waals surface area (Å²) in [5.74, 6) is 0. The van der Waals surface area contributed by atoms with Crippen molar-refractivity contribution in [1.82, 2.24) is 20.7 Å². The highest BCUT2D eigenvalue weighted by Crippen LogP contribution is 2.49. The number of benzene rings is 2. The van der Waals surface area contributed by atoms with Gasteiger partial charge in [-0.05, 0) is 28.0 Å². The molecule has 0 aliphatic rings. The van der Waals surface area contributed by atoms with Gasteiger partial charge >= 0.3 is 0 Å². The molecule has 6 aromatic rings. The lowest BCUT2D eigenvalue weighted by Gasteiger charge is -2.13. The van der Waals surface area contributed by atoms with Gasteiger partial charge in [0.2, 0.25) is 0 Å². The third-order valence-electron chi connectivity index (χ3n) is 5.22. The molecule has 8 heteroatoms. The highest BCUT2D eigenvalue weighted by atomic mass is 32.1. The second-order valence-corrected chi connectivity index (χ2v) is 8.83. The smallest absolute Gasteiger partial charge is 0.152 e. The van der Waals surface area contributed by atoms with Gasteiger partial charge in [-0.3, -0.25) is 0 Å². The zero-order chi connectivity index (χ0) is 21.3. The molecule has 0 atom stereocenters. The van der Waals surface area contributed by atoms with Crippen LogP contribution in [0.1, 0.15) is 0 Å². The Bertz CT molecular complexity index is 1470. The van der Waals surface area contributed by atoms with E-state index in [2.05, 4.69) is 55.8 Å². The Hall–Kier alpha value is -3.88. The number of nitrogens with zero attached hydrogens (tertiary/aromatic N) is 4. The summed E-state index contributed by atoms with van der Waals surface area (Å²) in [6.45, 7) is 0. The fourth-order valence-corrected chi connectivity index (χ4v) is 5.80. The van der Waals surface area contributed by atoms with E-state index in [1.807, 2.05) is 36.4 Å². The van der Waals surface area contributed by atoms with Gasteiger partial charge in [0.15, 0.2) is 12.5 Å². The lowest BCUT2D eigenvalue weighted by atomic mass is 9.90. The zero-order valence-electron chi connectivity index (χ0n) is 16.5. The maximum Gasteiger partial charge on any atom is 0.152 e. The molecule has 0 saturated heterocycles. The van der Waals surface area contributed by atoms with Gasteiger partial charge in [-0.2, -0.15) is 0 Å². The van der Waals surface area contributed by atoms with Gasteiger partial charge in [0.05, 0.1) is 4.88 Å². The first kappa shape index (κ1) is 18.9. The Morgan fingerprint density at radius 3 is 1.81 bits per heavy atom. The summed E-state index contributed by atoms with van der Waals surface area (Å²) in [7, 11) is 0. The third kappa shape index (κ3) is 3.17. The Kier molecular flexibility index (Phi) is 4.71. The van der Waals surface area contributed by atoms with Crippen LogP contribution >= 0.6 is 22.7 Å². The lowest BCUT2D eigenvalue weighted by Crippen LogP contribution is -1.90. The summed E-state index contributed by atoms with van der Waals surface area (Å²) in [6.07, 6.45) is 3.14. The van der Waals surface area contributed by atoms with E-state index in [4.69, 9.17) is 9.05 Å². The van der Waals surface area contributed by atoms with Crippen LogP contribution < -0.4 is 0 Å². The second kappa shape index (κ2) is 7.99. The van der Waals surface area contributed by atoms with Crippen LogP contribution in [-0.4, -0.2) is 20.7 Å². The molecule has 154 valence electrons. The minimum Gasteiger partial charge on any atom is -0.345 e. The maximum atomic E-state index is 5.04. The number of hydrogen-bond acceptors (Lipinski definition) is 8. The largest absolute Gasteiger partial charge is 0.345 e. The molecular formula is C24H14N4O2S2. The molecule has 0 radical (unpaired) electrons. The number of rotatable bonds is 5. The van der Waals surface area contributed by atoms with Crippen molar-refractivity contribution in [2.45, 2.75) is 0 Å². The average molecular weight is 455 g/mol. The molecule has 0 saturated carbocycles. The third-order valence-corrected chi connectivity index (χ3v) is 7.25. The normalized spacial score (nSPS) is 11.1. The molecule has 0 bridgehead atoms. The summed E-state index contributed by atoms with van der Waals surface area (Å²) in [5, 5.41) is 20.0. The van der Waals surface area contributed by atoms with E-state index in [9.17, 15) is 0 Å². The van der Waals surface area contributed by atoms with Gasteiger partial charge in [0, 0.05) is 37.7 Å². The van der Waals surface area contributed by atoms with Crippen LogP contribution in [0.2, 0.25) is 0 Å². The lowest BCUT2D eigenvalue weighted by molar-refractivity contribution is 0.392. The molecule has 0 unspecified atom stereocenters. The van der Waals surface area contributed by atoms with Crippen molar-refractivity contribution in [3.05, 3.63) is 84.0 Å². The molecule has 6 nitrogen and oxygen atoms in total. The summed E-state index contributed by atoms with van der Waals surface area (Å²) in [5.41, 5.74) is 7.70. The number of thiophene rings is 2. The fraction of sp³-hybridized carbons (Fsp3) is 0. The predicted octanol–water partition coefficient (Wildman–Crippen LogP) is 6.91. The molecule has 0 amide bonds. The molecular weight excluding hydrogens is 440 g/mol. The SMILES string of the molecule is c1csc(-c2scc(-c3ccccc3-c3conn3)c2-c2ccccc2-c2conn2)c1. The van der Waals surface area contributed by atoms with Gasteiger partial charge < -0.3 is 9.05 Å². The van der Waals surface area contributed by atoms with Crippen molar-refractivity contribution < 1.29 is 9.05 Å². The second-order valence-electron chi connectivity index (χ2n) is 7.00. The molecule has 32 heavy (non-hydrogen) atoms. The first-order valence-electron chi connectivity index (χ1n) is 9.79. The molecule has 0 spiro atoms. The average Bonchev–Trinajstić information content (AvgIpc) is 3.66. The monoisotopic (exact) mass is 454 g/mol. The summed E-state index contributed by atoms with van der Waals surface area (Å²) >= 11 is 3.45. The number of hydrogen-bond donors (Lipinski definition) is 0. The molecule has 0 aliphatic heterocycles. The van der Waals surface area contributed by atoms with Crippen molar-refractivity contribution in [1.29, 1.82) is 0 Å². The first-order valence-corrected chi connectivity index (χ1v) is 11.5. The van der Waals surface area contributed by atoms with Crippen molar-refractivity contribution in [3.63, 3.8) is 0 Å². The molecule has 4 aromatic heterocycles. The van der Waals surface area contributed by atoms with E-state index in [0.29, 0.717) is 11.4 Å². The standard InChI is InChI=1S/C24H14N4O2S2/c1-2-7-16(20-12-29-27-25-20)15(6-1)19-14-32-24(22-10-5-11-31-22)23(19)18-9-4-3-8-17(18)21-13-30-28-26-21/h1-14H.